The van der Waals surface area contributed by atoms with Crippen molar-refractivity contribution >= 4 is 78.6 Å². The van der Waals surface area contributed by atoms with Crippen LogP contribution in [0, 0.1) is 0 Å². The second kappa shape index (κ2) is 11.0. The van der Waals surface area contributed by atoms with Crippen LogP contribution in [0.2, 0.25) is 0 Å². The van der Waals surface area contributed by atoms with Crippen molar-refractivity contribution in [3.05, 3.63) is 163 Å². The molecule has 4 heterocycles. The second-order valence-electron chi connectivity index (χ2n) is 12.5. The zero-order chi connectivity index (χ0) is 33.3. The van der Waals surface area contributed by atoms with E-state index in [0.717, 1.165) is 59.6 Å². The van der Waals surface area contributed by atoms with Gasteiger partial charge in [0.15, 0.2) is 5.82 Å². The number of hydrogen-bond donors (Lipinski definition) is 0. The number of fused-ring (bicyclic) bond motifs is 8. The van der Waals surface area contributed by atoms with Gasteiger partial charge in [-0.1, -0.05) is 72.8 Å². The molecular formula is C42H26BF2N5. The maximum atomic E-state index is 14.8. The Morgan fingerprint density at radius 2 is 0.940 bits per heavy atom. The first-order valence-corrected chi connectivity index (χ1v) is 16.5. The van der Waals surface area contributed by atoms with Gasteiger partial charge in [-0.15, -0.1) is 0 Å². The normalized spacial score (nSPS) is 12.3. The van der Waals surface area contributed by atoms with Crippen LogP contribution in [0.1, 0.15) is 0 Å². The number of hydrogen-bond acceptors (Lipinski definition) is 2. The topological polar surface area (TPSA) is 40.0 Å². The SMILES string of the molecule is FB(F)n1c(=Nc2ccc3cc(-n4c5ccccc5c5ccccc54)ccc3n2)ccc2cc(-n3c4ccccc4c4ccccc43)ccc21. The van der Waals surface area contributed by atoms with Gasteiger partial charge in [0.05, 0.1) is 27.6 Å². The lowest BCUT2D eigenvalue weighted by Crippen LogP contribution is -2.29. The number of nitrogens with zero attached hydrogens (tertiary/aromatic N) is 5. The molecule has 0 N–H and O–H groups in total. The van der Waals surface area contributed by atoms with Crippen LogP contribution in [-0.2, 0) is 0 Å². The average Bonchev–Trinajstić information content (AvgIpc) is 3.67. The first-order chi connectivity index (χ1) is 24.6. The molecule has 8 heteroatoms. The highest BCUT2D eigenvalue weighted by molar-refractivity contribution is 6.42. The van der Waals surface area contributed by atoms with Crippen molar-refractivity contribution in [2.75, 3.05) is 0 Å². The molecular weight excluding hydrogens is 623 g/mol. The molecule has 10 aromatic rings. The van der Waals surface area contributed by atoms with Crippen molar-refractivity contribution < 1.29 is 8.63 Å². The van der Waals surface area contributed by atoms with Gasteiger partial charge >= 0.3 is 7.40 Å². The molecule has 0 atom stereocenters. The molecule has 50 heavy (non-hydrogen) atoms. The Labute approximate surface area is 284 Å². The van der Waals surface area contributed by atoms with E-state index in [1.807, 2.05) is 60.7 Å². The molecule has 0 saturated carbocycles. The summed E-state index contributed by atoms with van der Waals surface area (Å²) in [4.78, 5) is 9.40. The van der Waals surface area contributed by atoms with Crippen LogP contribution in [0.3, 0.4) is 0 Å². The smallest absolute Gasteiger partial charge is 0.310 e. The van der Waals surface area contributed by atoms with E-state index in [4.69, 9.17) is 4.98 Å². The molecule has 0 aliphatic heterocycles. The van der Waals surface area contributed by atoms with Crippen LogP contribution < -0.4 is 5.49 Å². The van der Waals surface area contributed by atoms with E-state index in [0.29, 0.717) is 16.7 Å². The van der Waals surface area contributed by atoms with E-state index in [2.05, 4.69) is 93.0 Å². The molecule has 4 aromatic heterocycles. The number of rotatable bonds is 4. The standard InChI is InChI=1S/C42H26BF2N5/c44-43(45)50-36-22-20-30(49-39-15-7-3-11-33(39)34-12-4-8-16-40(34)49)26-28(36)18-24-42(50)47-41-23-17-27-25-29(19-21-35(27)46-41)48-37-13-5-1-9-31(37)32-10-2-6-14-38(32)48/h1-26H. The lowest BCUT2D eigenvalue weighted by Gasteiger charge is -2.13. The Kier molecular flexibility index (Phi) is 6.27. The highest BCUT2D eigenvalue weighted by Gasteiger charge is 2.21. The van der Waals surface area contributed by atoms with Gasteiger partial charge in [0, 0.05) is 43.8 Å². The van der Waals surface area contributed by atoms with Gasteiger partial charge in [0.1, 0.15) is 5.49 Å². The summed E-state index contributed by atoms with van der Waals surface area (Å²) in [5.74, 6) is 0.359. The van der Waals surface area contributed by atoms with Crippen molar-refractivity contribution in [3.63, 3.8) is 0 Å². The lowest BCUT2D eigenvalue weighted by molar-refractivity contribution is 0.627. The van der Waals surface area contributed by atoms with Crippen LogP contribution in [-0.4, -0.2) is 26.0 Å². The van der Waals surface area contributed by atoms with Gasteiger partial charge in [-0.3, -0.25) is 8.63 Å². The van der Waals surface area contributed by atoms with Crippen molar-refractivity contribution in [2.24, 2.45) is 4.99 Å². The Hall–Kier alpha value is -6.54. The summed E-state index contributed by atoms with van der Waals surface area (Å²) >= 11 is 0. The van der Waals surface area contributed by atoms with Crippen LogP contribution >= 0.6 is 0 Å². The largest absolute Gasteiger partial charge is 0.679 e. The van der Waals surface area contributed by atoms with E-state index in [1.165, 1.54) is 10.8 Å². The monoisotopic (exact) mass is 649 g/mol. The van der Waals surface area contributed by atoms with Gasteiger partial charge < -0.3 is 13.6 Å². The summed E-state index contributed by atoms with van der Waals surface area (Å²) in [5, 5.41) is 6.30. The van der Waals surface area contributed by atoms with E-state index in [9.17, 15) is 8.63 Å². The summed E-state index contributed by atoms with van der Waals surface area (Å²) in [6.45, 7) is 0. The average molecular weight is 650 g/mol. The van der Waals surface area contributed by atoms with Crippen LogP contribution in [0.25, 0.3) is 76.8 Å². The molecule has 0 saturated heterocycles. The summed E-state index contributed by atoms with van der Waals surface area (Å²) in [6.07, 6.45) is 0. The maximum absolute atomic E-state index is 14.8. The third-order valence-electron chi connectivity index (χ3n) is 9.69. The summed E-state index contributed by atoms with van der Waals surface area (Å²) in [6, 6.07) is 52.2. The Balaban J connectivity index is 1.07. The number of aromatic nitrogens is 4. The third-order valence-corrected chi connectivity index (χ3v) is 9.69. The minimum Gasteiger partial charge on any atom is -0.310 e. The fourth-order valence-corrected chi connectivity index (χ4v) is 7.52. The number of para-hydroxylation sites is 4. The number of halogens is 2. The Morgan fingerprint density at radius 1 is 0.460 bits per heavy atom. The predicted molar refractivity (Wildman–Crippen MR) is 201 cm³/mol. The molecule has 0 fully saturated rings. The van der Waals surface area contributed by atoms with Gasteiger partial charge in [-0.2, -0.15) is 0 Å². The number of pyridine rings is 2. The van der Waals surface area contributed by atoms with Crippen molar-refractivity contribution in [2.45, 2.75) is 0 Å². The van der Waals surface area contributed by atoms with Gasteiger partial charge in [-0.05, 0) is 90.3 Å². The molecule has 0 aliphatic carbocycles. The highest BCUT2D eigenvalue weighted by Crippen LogP contribution is 2.34. The van der Waals surface area contributed by atoms with Crippen LogP contribution in [0.15, 0.2) is 163 Å². The molecule has 0 radical (unpaired) electrons. The highest BCUT2D eigenvalue weighted by atomic mass is 19.2. The predicted octanol–water partition coefficient (Wildman–Crippen LogP) is 10.4. The quantitative estimate of drug-likeness (QED) is 0.175. The van der Waals surface area contributed by atoms with E-state index < -0.39 is 7.40 Å². The van der Waals surface area contributed by atoms with Gasteiger partial charge in [0.2, 0.25) is 0 Å². The molecule has 0 unspecified atom stereocenters. The van der Waals surface area contributed by atoms with E-state index in [1.54, 1.807) is 18.2 Å². The third kappa shape index (κ3) is 4.31. The summed E-state index contributed by atoms with van der Waals surface area (Å²) in [5.41, 5.74) is 7.55. The zero-order valence-corrected chi connectivity index (χ0v) is 26.6. The first kappa shape index (κ1) is 28.5. The molecule has 236 valence electrons. The Bertz CT molecular complexity index is 2940. The molecule has 10 rings (SSSR count). The fraction of sp³-hybridized carbons (Fsp3) is 0. The van der Waals surface area contributed by atoms with E-state index in [-0.39, 0.29) is 5.49 Å². The molecule has 0 spiro atoms. The van der Waals surface area contributed by atoms with Gasteiger partial charge in [0.25, 0.3) is 0 Å². The molecule has 0 aliphatic rings. The molecule has 5 nitrogen and oxygen atoms in total. The Morgan fingerprint density at radius 3 is 1.48 bits per heavy atom. The lowest BCUT2D eigenvalue weighted by atomic mass is 10.1. The maximum Gasteiger partial charge on any atom is 0.679 e. The first-order valence-electron chi connectivity index (χ1n) is 16.5. The van der Waals surface area contributed by atoms with Gasteiger partial charge in [-0.25, -0.2) is 9.98 Å². The minimum absolute atomic E-state index is 0.130. The zero-order valence-electron chi connectivity index (χ0n) is 26.6. The number of benzene rings is 6. The minimum atomic E-state index is -2.80. The van der Waals surface area contributed by atoms with Crippen molar-refractivity contribution in [1.29, 1.82) is 0 Å². The molecule has 6 aromatic carbocycles. The second-order valence-corrected chi connectivity index (χ2v) is 12.5. The van der Waals surface area contributed by atoms with Crippen LogP contribution in [0.5, 0.6) is 0 Å². The van der Waals surface area contributed by atoms with Crippen LogP contribution in [0.4, 0.5) is 14.4 Å². The summed E-state index contributed by atoms with van der Waals surface area (Å²) in [7, 11) is -2.80. The van der Waals surface area contributed by atoms with Crippen molar-refractivity contribution in [3.8, 4) is 11.4 Å². The van der Waals surface area contributed by atoms with E-state index >= 15 is 0 Å². The summed E-state index contributed by atoms with van der Waals surface area (Å²) < 4.78 is 35.0. The molecule has 0 amide bonds. The van der Waals surface area contributed by atoms with Crippen molar-refractivity contribution in [1.82, 2.24) is 18.6 Å². The molecule has 0 bridgehead atoms. The fourth-order valence-electron chi connectivity index (χ4n) is 7.52.